The van der Waals surface area contributed by atoms with Crippen molar-refractivity contribution in [2.75, 3.05) is 24.5 Å². The molecular formula is C21H28ClN3O2. The monoisotopic (exact) mass is 389 g/mol. The van der Waals surface area contributed by atoms with Gasteiger partial charge in [-0.3, -0.25) is 0 Å². The number of nitrogens with zero attached hydrogens (tertiary/aromatic N) is 3. The number of piperidine rings is 1. The number of anilines is 1. The quantitative estimate of drug-likeness (QED) is 0.594. The third kappa shape index (κ3) is 4.01. The van der Waals surface area contributed by atoms with E-state index < -0.39 is 5.60 Å². The molecule has 1 aromatic rings. The minimum atomic E-state index is -0.458. The summed E-state index contributed by atoms with van der Waals surface area (Å²) < 4.78 is 5.52. The Morgan fingerprint density at radius 1 is 1.26 bits per heavy atom. The molecule has 0 aromatic heterocycles. The largest absolute Gasteiger partial charge is 0.444 e. The Bertz CT molecular complexity index is 758. The Labute approximate surface area is 167 Å². The van der Waals surface area contributed by atoms with E-state index in [1.165, 1.54) is 0 Å². The number of hydrogen-bond acceptors (Lipinski definition) is 3. The average Bonchev–Trinajstić information content (AvgIpc) is 2.90. The fourth-order valence-electron chi connectivity index (χ4n) is 4.32. The molecule has 6 heteroatoms. The molecular weight excluding hydrogens is 362 g/mol. The maximum absolute atomic E-state index is 12.3. The highest BCUT2D eigenvalue weighted by Gasteiger charge is 2.47. The number of rotatable bonds is 1. The van der Waals surface area contributed by atoms with Gasteiger partial charge in [-0.25, -0.2) is 9.64 Å². The summed E-state index contributed by atoms with van der Waals surface area (Å²) in [6.45, 7) is 17.6. The van der Waals surface area contributed by atoms with Crippen molar-refractivity contribution in [2.24, 2.45) is 5.41 Å². The summed E-state index contributed by atoms with van der Waals surface area (Å²) in [6, 6.07) is 6.06. The number of halogens is 1. The molecule has 1 atom stereocenters. The minimum absolute atomic E-state index is 0.207. The van der Waals surface area contributed by atoms with Gasteiger partial charge in [0.15, 0.2) is 0 Å². The van der Waals surface area contributed by atoms with Gasteiger partial charge in [-0.05, 0) is 64.5 Å². The van der Waals surface area contributed by atoms with Crippen molar-refractivity contribution < 1.29 is 9.53 Å². The van der Waals surface area contributed by atoms with Crippen molar-refractivity contribution in [3.8, 4) is 0 Å². The van der Waals surface area contributed by atoms with Gasteiger partial charge >= 0.3 is 6.09 Å². The number of benzene rings is 1. The molecule has 3 rings (SSSR count). The smallest absolute Gasteiger partial charge is 0.410 e. The Kier molecular flexibility index (Phi) is 5.31. The normalized spacial score (nSPS) is 22.0. The van der Waals surface area contributed by atoms with Gasteiger partial charge < -0.3 is 14.5 Å². The SMILES string of the molecule is [C-]#[N+]c1ccc(N2CCC3(CCN(C(=O)OC(C)(C)C)CC3)[C@@H]2C)cc1Cl. The highest BCUT2D eigenvalue weighted by Crippen LogP contribution is 2.47. The molecule has 27 heavy (non-hydrogen) atoms. The van der Waals surface area contributed by atoms with E-state index in [9.17, 15) is 4.79 Å². The summed E-state index contributed by atoms with van der Waals surface area (Å²) in [5.41, 5.74) is 1.32. The number of amides is 1. The highest BCUT2D eigenvalue weighted by atomic mass is 35.5. The third-order valence-electron chi connectivity index (χ3n) is 6.00. The van der Waals surface area contributed by atoms with E-state index in [1.807, 2.05) is 37.8 Å². The summed E-state index contributed by atoms with van der Waals surface area (Å²) in [5.74, 6) is 0. The van der Waals surface area contributed by atoms with E-state index in [-0.39, 0.29) is 11.5 Å². The van der Waals surface area contributed by atoms with Crippen LogP contribution in [0, 0.1) is 12.0 Å². The summed E-state index contributed by atoms with van der Waals surface area (Å²) in [4.78, 5) is 20.0. The van der Waals surface area contributed by atoms with Gasteiger partial charge in [0.1, 0.15) is 5.60 Å². The lowest BCUT2D eigenvalue weighted by Gasteiger charge is -2.43. The highest BCUT2D eigenvalue weighted by molar-refractivity contribution is 6.33. The minimum Gasteiger partial charge on any atom is -0.444 e. The van der Waals surface area contributed by atoms with Crippen LogP contribution in [0.15, 0.2) is 18.2 Å². The van der Waals surface area contributed by atoms with Crippen LogP contribution in [0.2, 0.25) is 5.02 Å². The molecule has 1 amide bonds. The number of carbonyl (C=O) groups excluding carboxylic acids is 1. The van der Waals surface area contributed by atoms with Crippen LogP contribution in [-0.4, -0.2) is 42.3 Å². The van der Waals surface area contributed by atoms with Crippen LogP contribution >= 0.6 is 11.6 Å². The Morgan fingerprint density at radius 3 is 2.44 bits per heavy atom. The van der Waals surface area contributed by atoms with Crippen LogP contribution in [0.4, 0.5) is 16.2 Å². The van der Waals surface area contributed by atoms with Crippen molar-refractivity contribution in [2.45, 2.75) is 58.6 Å². The van der Waals surface area contributed by atoms with E-state index in [0.717, 1.165) is 44.6 Å². The zero-order valence-corrected chi connectivity index (χ0v) is 17.3. The maximum atomic E-state index is 12.3. The number of likely N-dealkylation sites (tertiary alicyclic amines) is 1. The molecule has 0 saturated carbocycles. The second kappa shape index (κ2) is 7.24. The molecule has 2 saturated heterocycles. The fourth-order valence-corrected chi connectivity index (χ4v) is 4.54. The second-order valence-electron chi connectivity index (χ2n) is 8.70. The van der Waals surface area contributed by atoms with Crippen molar-refractivity contribution >= 4 is 29.1 Å². The predicted octanol–water partition coefficient (Wildman–Crippen LogP) is 5.51. The molecule has 2 aliphatic heterocycles. The Morgan fingerprint density at radius 2 is 1.89 bits per heavy atom. The lowest BCUT2D eigenvalue weighted by Crippen LogP contribution is -2.48. The summed E-state index contributed by atoms with van der Waals surface area (Å²) in [6.07, 6.45) is 2.87. The van der Waals surface area contributed by atoms with Gasteiger partial charge in [-0.15, -0.1) is 0 Å². The summed E-state index contributed by atoms with van der Waals surface area (Å²) >= 11 is 6.24. The van der Waals surface area contributed by atoms with Gasteiger partial charge in [0.25, 0.3) is 0 Å². The molecule has 0 radical (unpaired) electrons. The molecule has 146 valence electrons. The fraction of sp³-hybridized carbons (Fsp3) is 0.619. The summed E-state index contributed by atoms with van der Waals surface area (Å²) in [7, 11) is 0. The number of carbonyl (C=O) groups is 1. The Balaban J connectivity index is 1.67. The topological polar surface area (TPSA) is 37.1 Å². The maximum Gasteiger partial charge on any atom is 0.410 e. The van der Waals surface area contributed by atoms with Crippen LogP contribution in [-0.2, 0) is 4.74 Å². The van der Waals surface area contributed by atoms with Crippen LogP contribution in [0.5, 0.6) is 0 Å². The lowest BCUT2D eigenvalue weighted by molar-refractivity contribution is 0.00944. The number of ether oxygens (including phenoxy) is 1. The molecule has 2 fully saturated rings. The van der Waals surface area contributed by atoms with Gasteiger partial charge in [0, 0.05) is 36.4 Å². The van der Waals surface area contributed by atoms with Gasteiger partial charge in [0.05, 0.1) is 6.57 Å². The lowest BCUT2D eigenvalue weighted by atomic mass is 9.73. The first-order chi connectivity index (χ1) is 12.6. The Hall–Kier alpha value is -1.93. The van der Waals surface area contributed by atoms with Crippen molar-refractivity contribution in [3.05, 3.63) is 34.6 Å². The van der Waals surface area contributed by atoms with E-state index >= 15 is 0 Å². The van der Waals surface area contributed by atoms with Crippen molar-refractivity contribution in [1.29, 1.82) is 0 Å². The standard InChI is InChI=1S/C21H28ClN3O2/c1-15-21(8-11-24(12-9-21)19(26)27-20(2,3)4)10-13-25(15)16-6-7-18(23-5)17(22)14-16/h6-7,14-15H,8-13H2,1-4H3/t15-/m0/s1. The van der Waals surface area contributed by atoms with E-state index in [4.69, 9.17) is 22.9 Å². The van der Waals surface area contributed by atoms with Crippen LogP contribution in [0.3, 0.4) is 0 Å². The van der Waals surface area contributed by atoms with Crippen molar-refractivity contribution in [1.82, 2.24) is 4.90 Å². The first-order valence-electron chi connectivity index (χ1n) is 9.57. The third-order valence-corrected chi connectivity index (χ3v) is 6.30. The van der Waals surface area contributed by atoms with Gasteiger partial charge in [0.2, 0.25) is 5.69 Å². The molecule has 2 aliphatic rings. The van der Waals surface area contributed by atoms with Gasteiger partial charge in [-0.1, -0.05) is 17.7 Å². The van der Waals surface area contributed by atoms with Crippen molar-refractivity contribution in [3.63, 3.8) is 0 Å². The molecule has 0 bridgehead atoms. The molecule has 0 aliphatic carbocycles. The average molecular weight is 390 g/mol. The molecule has 1 spiro atoms. The van der Waals surface area contributed by atoms with E-state index in [2.05, 4.69) is 16.7 Å². The van der Waals surface area contributed by atoms with E-state index in [0.29, 0.717) is 16.8 Å². The molecule has 0 N–H and O–H groups in total. The molecule has 2 heterocycles. The number of hydrogen-bond donors (Lipinski definition) is 0. The first kappa shape index (κ1) is 19.8. The van der Waals surface area contributed by atoms with E-state index in [1.54, 1.807) is 6.07 Å². The molecule has 0 unspecified atom stereocenters. The second-order valence-corrected chi connectivity index (χ2v) is 9.10. The molecule has 5 nitrogen and oxygen atoms in total. The zero-order chi connectivity index (χ0) is 19.8. The van der Waals surface area contributed by atoms with Gasteiger partial charge in [-0.2, -0.15) is 0 Å². The summed E-state index contributed by atoms with van der Waals surface area (Å²) in [5, 5.41) is 0.510. The van der Waals surface area contributed by atoms with Crippen LogP contribution < -0.4 is 4.90 Å². The zero-order valence-electron chi connectivity index (χ0n) is 16.6. The molecule has 1 aromatic carbocycles. The predicted molar refractivity (Wildman–Crippen MR) is 109 cm³/mol. The van der Waals surface area contributed by atoms with Crippen LogP contribution in [0.1, 0.15) is 47.0 Å². The van der Waals surface area contributed by atoms with Crippen LogP contribution in [0.25, 0.3) is 4.85 Å². The first-order valence-corrected chi connectivity index (χ1v) is 9.95.